The molecule has 1 fully saturated rings. The summed E-state index contributed by atoms with van der Waals surface area (Å²) in [6.07, 6.45) is 4.97. The molecule has 0 saturated carbocycles. The first-order chi connectivity index (χ1) is 13.9. The highest BCUT2D eigenvalue weighted by Gasteiger charge is 2.24. The van der Waals surface area contributed by atoms with E-state index in [4.69, 9.17) is 15.2 Å². The zero-order chi connectivity index (χ0) is 20.8. The fourth-order valence-corrected chi connectivity index (χ4v) is 3.70. The van der Waals surface area contributed by atoms with Gasteiger partial charge in [0.05, 0.1) is 5.69 Å². The van der Waals surface area contributed by atoms with Crippen LogP contribution in [0.3, 0.4) is 0 Å². The largest absolute Gasteiger partial charge is 0.478 e. The quantitative estimate of drug-likeness (QED) is 0.715. The van der Waals surface area contributed by atoms with Gasteiger partial charge in [-0.3, -0.25) is 4.57 Å². The zero-order valence-electron chi connectivity index (χ0n) is 15.8. The van der Waals surface area contributed by atoms with Crippen LogP contribution in [0.1, 0.15) is 0 Å². The molecule has 0 unspecified atom stereocenters. The zero-order valence-corrected chi connectivity index (χ0v) is 16.6. The number of hydrogen-bond acceptors (Lipinski definition) is 7. The Morgan fingerprint density at radius 3 is 2.38 bits per heavy atom. The number of hydrogen-bond donors (Lipinski definition) is 2. The lowest BCUT2D eigenvalue weighted by molar-refractivity contribution is -0.134. The Bertz CT molecular complexity index is 932. The Hall–Kier alpha value is -3.11. The van der Waals surface area contributed by atoms with Gasteiger partial charge in [0.1, 0.15) is 0 Å². The van der Waals surface area contributed by atoms with E-state index in [1.54, 1.807) is 11.8 Å². The van der Waals surface area contributed by atoms with Crippen LogP contribution < -0.4 is 0 Å². The molecule has 1 saturated heterocycles. The fourth-order valence-electron chi connectivity index (χ4n) is 2.79. The van der Waals surface area contributed by atoms with E-state index in [-0.39, 0.29) is 0 Å². The van der Waals surface area contributed by atoms with Gasteiger partial charge in [0.25, 0.3) is 0 Å². The molecule has 2 N–H and O–H groups in total. The topological polar surface area (TPSA) is 111 Å². The van der Waals surface area contributed by atoms with E-state index in [9.17, 15) is 9.59 Å². The van der Waals surface area contributed by atoms with Crippen molar-refractivity contribution >= 4 is 35.3 Å². The Kier molecular flexibility index (Phi) is 6.68. The van der Waals surface area contributed by atoms with Crippen molar-refractivity contribution in [2.45, 2.75) is 10.1 Å². The maximum absolute atomic E-state index is 9.55. The van der Waals surface area contributed by atoms with Gasteiger partial charge in [0, 0.05) is 55.6 Å². The van der Waals surface area contributed by atoms with Crippen molar-refractivity contribution in [3.8, 4) is 0 Å². The number of carboxylic acid groups (broad SMARTS) is 2. The van der Waals surface area contributed by atoms with Gasteiger partial charge in [-0.2, -0.15) is 0 Å². The molecule has 2 aromatic rings. The molecule has 1 aromatic carbocycles. The summed E-state index contributed by atoms with van der Waals surface area (Å²) in [5.41, 5.74) is 1.03. The molecule has 152 valence electrons. The summed E-state index contributed by atoms with van der Waals surface area (Å²) in [7, 11) is 2.17. The first-order valence-corrected chi connectivity index (χ1v) is 9.72. The van der Waals surface area contributed by atoms with Crippen LogP contribution in [0, 0.1) is 0 Å². The summed E-state index contributed by atoms with van der Waals surface area (Å²) in [5.74, 6) is -1.52. The lowest BCUT2D eigenvalue weighted by atomic mass is 10.3. The number of carbonyl (C=O) groups is 2. The standard InChI is InChI=1S/C15H17N5S.C4H4O4/c1-18-8-10-19(11-9-18)14-17-12-4-2-3-5-13(12)21-15-16-6-7-20(14)15;5-3(6)1-2-4(7)8/h2-7H,8-11H2,1H3;1-2H,(H,5,6)(H,7,8). The van der Waals surface area contributed by atoms with Crippen molar-refractivity contribution in [3.05, 3.63) is 48.8 Å². The first kappa shape index (κ1) is 20.6. The molecule has 29 heavy (non-hydrogen) atoms. The maximum Gasteiger partial charge on any atom is 0.328 e. The summed E-state index contributed by atoms with van der Waals surface area (Å²) in [6, 6.07) is 8.27. The minimum atomic E-state index is -1.26. The van der Waals surface area contributed by atoms with Crippen LogP contribution in [-0.2, 0) is 9.59 Å². The molecule has 0 aliphatic carbocycles. The van der Waals surface area contributed by atoms with E-state index < -0.39 is 11.9 Å². The van der Waals surface area contributed by atoms with Crippen molar-refractivity contribution in [1.29, 1.82) is 0 Å². The lowest BCUT2D eigenvalue weighted by Gasteiger charge is -2.34. The number of nitrogens with zero attached hydrogens (tertiary/aromatic N) is 5. The van der Waals surface area contributed by atoms with E-state index in [1.807, 2.05) is 18.5 Å². The molecule has 0 bridgehead atoms. The molecular weight excluding hydrogens is 394 g/mol. The highest BCUT2D eigenvalue weighted by atomic mass is 32.2. The Morgan fingerprint density at radius 1 is 1.07 bits per heavy atom. The second kappa shape index (κ2) is 9.39. The molecular formula is C19H21N5O4S. The highest BCUT2D eigenvalue weighted by Crippen LogP contribution is 2.37. The average Bonchev–Trinajstić information content (AvgIpc) is 3.09. The third-order valence-electron chi connectivity index (χ3n) is 4.26. The normalized spacial score (nSPS) is 16.2. The monoisotopic (exact) mass is 415 g/mol. The van der Waals surface area contributed by atoms with Crippen LogP contribution in [-0.4, -0.2) is 80.7 Å². The van der Waals surface area contributed by atoms with Gasteiger partial charge in [-0.25, -0.2) is 19.6 Å². The lowest BCUT2D eigenvalue weighted by Crippen LogP contribution is -2.49. The average molecular weight is 415 g/mol. The number of carboxylic acids is 2. The van der Waals surface area contributed by atoms with Crippen molar-refractivity contribution in [2.75, 3.05) is 33.2 Å². The number of aliphatic imine (C=N–C) groups is 1. The third kappa shape index (κ3) is 5.46. The van der Waals surface area contributed by atoms with Crippen molar-refractivity contribution in [2.24, 2.45) is 4.99 Å². The van der Waals surface area contributed by atoms with Gasteiger partial charge in [0.15, 0.2) is 5.16 Å². The van der Waals surface area contributed by atoms with E-state index in [0.29, 0.717) is 12.2 Å². The van der Waals surface area contributed by atoms with Gasteiger partial charge in [0.2, 0.25) is 5.96 Å². The number of para-hydroxylation sites is 1. The fraction of sp³-hybridized carbons (Fsp3) is 0.263. The van der Waals surface area contributed by atoms with E-state index in [2.05, 4.69) is 44.6 Å². The molecule has 10 heteroatoms. The minimum absolute atomic E-state index is 0.558. The summed E-state index contributed by atoms with van der Waals surface area (Å²) in [6.45, 7) is 4.13. The van der Waals surface area contributed by atoms with Gasteiger partial charge in [-0.15, -0.1) is 0 Å². The number of benzene rings is 1. The summed E-state index contributed by atoms with van der Waals surface area (Å²) < 4.78 is 2.11. The van der Waals surface area contributed by atoms with Crippen LogP contribution in [0.4, 0.5) is 5.69 Å². The second-order valence-corrected chi connectivity index (χ2v) is 7.37. The Balaban J connectivity index is 0.000000258. The number of piperazine rings is 1. The molecule has 3 heterocycles. The molecule has 0 atom stereocenters. The third-order valence-corrected chi connectivity index (χ3v) is 5.31. The first-order valence-electron chi connectivity index (χ1n) is 8.91. The molecule has 2 aliphatic heterocycles. The summed E-state index contributed by atoms with van der Waals surface area (Å²) in [4.78, 5) is 34.4. The molecule has 0 spiro atoms. The van der Waals surface area contributed by atoms with Gasteiger partial charge in [-0.1, -0.05) is 12.1 Å². The Morgan fingerprint density at radius 2 is 1.72 bits per heavy atom. The Labute approximate surface area is 172 Å². The maximum atomic E-state index is 9.55. The summed E-state index contributed by atoms with van der Waals surface area (Å²) in [5, 5.41) is 16.6. The molecule has 4 rings (SSSR count). The predicted molar refractivity (Wildman–Crippen MR) is 109 cm³/mol. The van der Waals surface area contributed by atoms with Crippen LogP contribution >= 0.6 is 11.8 Å². The van der Waals surface area contributed by atoms with Crippen LogP contribution in [0.2, 0.25) is 0 Å². The van der Waals surface area contributed by atoms with E-state index >= 15 is 0 Å². The van der Waals surface area contributed by atoms with E-state index in [0.717, 1.165) is 47.9 Å². The SMILES string of the molecule is CN1CCN(C2=Nc3ccccc3Sc3nccn32)CC1.O=C(O)C=CC(=O)O. The predicted octanol–water partition coefficient (Wildman–Crippen LogP) is 1.84. The van der Waals surface area contributed by atoms with Gasteiger partial charge in [-0.05, 0) is 30.9 Å². The number of rotatable bonds is 2. The van der Waals surface area contributed by atoms with Crippen molar-refractivity contribution in [3.63, 3.8) is 0 Å². The minimum Gasteiger partial charge on any atom is -0.478 e. The van der Waals surface area contributed by atoms with Crippen LogP contribution in [0.5, 0.6) is 0 Å². The summed E-state index contributed by atoms with van der Waals surface area (Å²) >= 11 is 1.68. The highest BCUT2D eigenvalue weighted by molar-refractivity contribution is 7.99. The number of likely N-dealkylation sites (N-methyl/N-ethyl adjacent to an activating group) is 1. The van der Waals surface area contributed by atoms with Crippen LogP contribution in [0.25, 0.3) is 0 Å². The molecule has 2 aliphatic rings. The molecule has 9 nitrogen and oxygen atoms in total. The molecule has 1 aromatic heterocycles. The number of aliphatic carboxylic acids is 2. The number of fused-ring (bicyclic) bond motifs is 2. The van der Waals surface area contributed by atoms with Crippen LogP contribution in [0.15, 0.2) is 63.9 Å². The van der Waals surface area contributed by atoms with Crippen molar-refractivity contribution < 1.29 is 19.8 Å². The van der Waals surface area contributed by atoms with Gasteiger partial charge < -0.3 is 20.0 Å². The molecule has 0 radical (unpaired) electrons. The smallest absolute Gasteiger partial charge is 0.328 e. The van der Waals surface area contributed by atoms with E-state index in [1.165, 1.54) is 0 Å². The van der Waals surface area contributed by atoms with Crippen molar-refractivity contribution in [1.82, 2.24) is 19.4 Å². The number of aromatic nitrogens is 2. The molecule has 0 amide bonds. The second-order valence-electron chi connectivity index (χ2n) is 6.36. The number of imidazole rings is 1. The van der Waals surface area contributed by atoms with Gasteiger partial charge >= 0.3 is 11.9 Å².